The molecular formula is C23H23N3O2S. The van der Waals surface area contributed by atoms with E-state index >= 15 is 0 Å². The minimum Gasteiger partial charge on any atom is -0.352 e. The molecule has 0 spiro atoms. The van der Waals surface area contributed by atoms with Gasteiger partial charge in [0.1, 0.15) is 0 Å². The fourth-order valence-electron chi connectivity index (χ4n) is 3.40. The van der Waals surface area contributed by atoms with Crippen molar-refractivity contribution in [2.45, 2.75) is 32.1 Å². The number of nitrogens with zero attached hydrogens (tertiary/aromatic N) is 1. The van der Waals surface area contributed by atoms with Gasteiger partial charge in [-0.2, -0.15) is 0 Å². The van der Waals surface area contributed by atoms with Crippen LogP contribution in [0.5, 0.6) is 0 Å². The summed E-state index contributed by atoms with van der Waals surface area (Å²) < 4.78 is 0. The lowest BCUT2D eigenvalue weighted by Gasteiger charge is -2.07. The normalized spacial score (nSPS) is 12.8. The van der Waals surface area contributed by atoms with Gasteiger partial charge < -0.3 is 10.6 Å². The molecular weight excluding hydrogens is 382 g/mol. The molecule has 0 saturated heterocycles. The molecule has 0 saturated carbocycles. The van der Waals surface area contributed by atoms with Crippen LogP contribution in [0.15, 0.2) is 54.6 Å². The Kier molecular flexibility index (Phi) is 6.00. The largest absolute Gasteiger partial charge is 0.352 e. The third kappa shape index (κ3) is 4.90. The van der Waals surface area contributed by atoms with Crippen LogP contribution in [0, 0.1) is 0 Å². The number of hydrogen-bond donors (Lipinski definition) is 2. The van der Waals surface area contributed by atoms with E-state index in [4.69, 9.17) is 4.98 Å². The van der Waals surface area contributed by atoms with Gasteiger partial charge in [0.05, 0.1) is 10.7 Å². The van der Waals surface area contributed by atoms with Crippen LogP contribution in [0.25, 0.3) is 0 Å². The molecule has 0 radical (unpaired) electrons. The van der Waals surface area contributed by atoms with Crippen molar-refractivity contribution < 1.29 is 9.59 Å². The lowest BCUT2D eigenvalue weighted by molar-refractivity contribution is 0.0953. The number of nitrogens with one attached hydrogen (secondary N) is 2. The Balaban J connectivity index is 1.28. The van der Waals surface area contributed by atoms with E-state index in [-0.39, 0.29) is 11.8 Å². The van der Waals surface area contributed by atoms with Gasteiger partial charge in [0.25, 0.3) is 11.8 Å². The van der Waals surface area contributed by atoms with Crippen LogP contribution >= 0.6 is 11.3 Å². The highest BCUT2D eigenvalue weighted by atomic mass is 32.1. The number of anilines is 1. The zero-order valence-corrected chi connectivity index (χ0v) is 16.9. The summed E-state index contributed by atoms with van der Waals surface area (Å²) in [6, 6.07) is 16.0. The second-order valence-corrected chi connectivity index (χ2v) is 8.26. The number of aromatic nitrogens is 1. The second kappa shape index (κ2) is 9.01. The lowest BCUT2D eigenvalue weighted by atomic mass is 10.0. The van der Waals surface area contributed by atoms with Gasteiger partial charge >= 0.3 is 0 Å². The third-order valence-electron chi connectivity index (χ3n) is 4.96. The van der Waals surface area contributed by atoms with Gasteiger partial charge in [-0.15, -0.1) is 11.3 Å². The van der Waals surface area contributed by atoms with Crippen molar-refractivity contribution in [3.05, 3.63) is 81.3 Å². The van der Waals surface area contributed by atoms with Crippen molar-refractivity contribution in [2.24, 2.45) is 0 Å². The predicted octanol–water partition coefficient (Wildman–Crippen LogP) is 4.25. The third-order valence-corrected chi connectivity index (χ3v) is 6.17. The summed E-state index contributed by atoms with van der Waals surface area (Å²) in [7, 11) is 0. The topological polar surface area (TPSA) is 71.1 Å². The van der Waals surface area contributed by atoms with Crippen molar-refractivity contribution >= 4 is 28.8 Å². The molecule has 0 atom stereocenters. The van der Waals surface area contributed by atoms with Gasteiger partial charge in [-0.3, -0.25) is 9.59 Å². The summed E-state index contributed by atoms with van der Waals surface area (Å²) in [6.07, 6.45) is 5.48. The Bertz CT molecular complexity index is 973. The Morgan fingerprint density at radius 1 is 0.897 bits per heavy atom. The van der Waals surface area contributed by atoms with Crippen LogP contribution in [0.3, 0.4) is 0 Å². The molecule has 1 heterocycles. The Morgan fingerprint density at radius 2 is 1.62 bits per heavy atom. The van der Waals surface area contributed by atoms with Crippen LogP contribution < -0.4 is 10.6 Å². The number of hydrogen-bond acceptors (Lipinski definition) is 4. The van der Waals surface area contributed by atoms with Crippen molar-refractivity contribution in [2.75, 3.05) is 11.9 Å². The summed E-state index contributed by atoms with van der Waals surface area (Å²) in [4.78, 5) is 30.7. The molecule has 1 aliphatic carbocycles. The molecule has 0 fully saturated rings. The van der Waals surface area contributed by atoms with Gasteiger partial charge in [-0.05, 0) is 62.1 Å². The fourth-order valence-corrected chi connectivity index (χ4v) is 4.55. The van der Waals surface area contributed by atoms with E-state index in [1.807, 2.05) is 18.2 Å². The maximum Gasteiger partial charge on any atom is 0.255 e. The van der Waals surface area contributed by atoms with Gasteiger partial charge in [0.15, 0.2) is 0 Å². The quantitative estimate of drug-likeness (QED) is 0.644. The van der Waals surface area contributed by atoms with Gasteiger partial charge in [0.2, 0.25) is 0 Å². The first kappa shape index (κ1) is 19.3. The average molecular weight is 406 g/mol. The summed E-state index contributed by atoms with van der Waals surface area (Å²) >= 11 is 1.79. The van der Waals surface area contributed by atoms with Crippen LogP contribution in [0.2, 0.25) is 0 Å². The van der Waals surface area contributed by atoms with Crippen molar-refractivity contribution in [1.82, 2.24) is 10.3 Å². The first-order chi connectivity index (χ1) is 14.2. The number of rotatable bonds is 6. The van der Waals surface area contributed by atoms with Crippen LogP contribution in [0.1, 0.15) is 49.1 Å². The number of amides is 2. The highest BCUT2D eigenvalue weighted by molar-refractivity contribution is 7.11. The van der Waals surface area contributed by atoms with Crippen molar-refractivity contribution in [3.63, 3.8) is 0 Å². The molecule has 4 rings (SSSR count). The number of benzene rings is 2. The molecule has 5 nitrogen and oxygen atoms in total. The van der Waals surface area contributed by atoms with Crippen LogP contribution in [-0.2, 0) is 19.3 Å². The Labute approximate surface area is 174 Å². The molecule has 148 valence electrons. The molecule has 1 aromatic heterocycles. The number of thiazole rings is 1. The fraction of sp³-hybridized carbons (Fsp3) is 0.261. The summed E-state index contributed by atoms with van der Waals surface area (Å²) in [5.74, 6) is -0.291. The Hall–Kier alpha value is -2.99. The molecule has 2 amide bonds. The Morgan fingerprint density at radius 3 is 2.38 bits per heavy atom. The molecule has 1 aliphatic rings. The maximum atomic E-state index is 12.4. The van der Waals surface area contributed by atoms with E-state index in [1.54, 1.807) is 47.7 Å². The zero-order valence-electron chi connectivity index (χ0n) is 16.1. The minimum atomic E-state index is -0.172. The standard InChI is InChI=1S/C23H23N3O2S/c27-22(24-15-14-21-26-19-8-4-5-9-20(19)29-21)17-10-12-18(13-11-17)25-23(28)16-6-2-1-3-7-16/h1-3,6-7,10-13H,4-5,8-9,14-15H2,(H,24,27)(H,25,28). The SMILES string of the molecule is O=C(NCCc1nc2c(s1)CCCC2)c1ccc(NC(=O)c2ccccc2)cc1. The molecule has 0 bridgehead atoms. The van der Waals surface area contributed by atoms with Crippen LogP contribution in [-0.4, -0.2) is 23.3 Å². The zero-order chi connectivity index (χ0) is 20.1. The highest BCUT2D eigenvalue weighted by Gasteiger charge is 2.15. The molecule has 29 heavy (non-hydrogen) atoms. The predicted molar refractivity (Wildman–Crippen MR) is 116 cm³/mol. The summed E-state index contributed by atoms with van der Waals surface area (Å²) in [5.41, 5.74) is 3.08. The van der Waals surface area contributed by atoms with E-state index in [2.05, 4.69) is 10.6 Å². The molecule has 0 unspecified atom stereocenters. The molecule has 6 heteroatoms. The van der Waals surface area contributed by atoms with Gasteiger partial charge in [-0.1, -0.05) is 18.2 Å². The first-order valence-corrected chi connectivity index (χ1v) is 10.7. The van der Waals surface area contributed by atoms with E-state index in [1.165, 1.54) is 23.4 Å². The maximum absolute atomic E-state index is 12.4. The van der Waals surface area contributed by atoms with Gasteiger partial charge in [0, 0.05) is 34.7 Å². The van der Waals surface area contributed by atoms with Gasteiger partial charge in [-0.25, -0.2) is 4.98 Å². The second-order valence-electron chi connectivity index (χ2n) is 7.09. The lowest BCUT2D eigenvalue weighted by Crippen LogP contribution is -2.25. The van der Waals surface area contributed by atoms with E-state index < -0.39 is 0 Å². The summed E-state index contributed by atoms with van der Waals surface area (Å²) in [5, 5.41) is 6.90. The molecule has 3 aromatic rings. The number of fused-ring (bicyclic) bond motifs is 1. The van der Waals surface area contributed by atoms with E-state index in [0.29, 0.717) is 23.4 Å². The monoisotopic (exact) mass is 405 g/mol. The number of carbonyl (C=O) groups excluding carboxylic acids is 2. The number of carbonyl (C=O) groups is 2. The smallest absolute Gasteiger partial charge is 0.255 e. The average Bonchev–Trinajstić information content (AvgIpc) is 3.17. The number of aryl methyl sites for hydroxylation is 2. The van der Waals surface area contributed by atoms with Crippen molar-refractivity contribution in [1.29, 1.82) is 0 Å². The minimum absolute atomic E-state index is 0.118. The summed E-state index contributed by atoms with van der Waals surface area (Å²) in [6.45, 7) is 0.567. The molecule has 2 aromatic carbocycles. The van der Waals surface area contributed by atoms with Crippen LogP contribution in [0.4, 0.5) is 5.69 Å². The molecule has 0 aliphatic heterocycles. The van der Waals surface area contributed by atoms with Crippen molar-refractivity contribution in [3.8, 4) is 0 Å². The highest BCUT2D eigenvalue weighted by Crippen LogP contribution is 2.26. The van der Waals surface area contributed by atoms with E-state index in [9.17, 15) is 9.59 Å². The van der Waals surface area contributed by atoms with E-state index in [0.717, 1.165) is 24.3 Å². The first-order valence-electron chi connectivity index (χ1n) is 9.91. The molecule has 2 N–H and O–H groups in total.